The maximum atomic E-state index is 12.2. The first kappa shape index (κ1) is 24.9. The smallest absolute Gasteiger partial charge is 0.232 e. The maximum Gasteiger partial charge on any atom is 0.232 e. The SMILES string of the molecule is Cc1ccc(Cl)cc1N(CCCC(=O)NCCSCc1ccc(Cl)cc1)S(C)(=O)=O. The topological polar surface area (TPSA) is 66.5 Å². The third-order valence-electron chi connectivity index (χ3n) is 4.36. The normalized spacial score (nSPS) is 11.3. The van der Waals surface area contributed by atoms with E-state index in [4.69, 9.17) is 23.2 Å². The van der Waals surface area contributed by atoms with Gasteiger partial charge in [0.05, 0.1) is 11.9 Å². The van der Waals surface area contributed by atoms with Crippen LogP contribution in [-0.2, 0) is 20.6 Å². The summed E-state index contributed by atoms with van der Waals surface area (Å²) in [4.78, 5) is 12.1. The number of sulfonamides is 1. The summed E-state index contributed by atoms with van der Waals surface area (Å²) in [5.74, 6) is 1.57. The van der Waals surface area contributed by atoms with Crippen molar-refractivity contribution in [3.63, 3.8) is 0 Å². The number of anilines is 1. The number of benzene rings is 2. The van der Waals surface area contributed by atoms with Crippen molar-refractivity contribution in [3.05, 3.63) is 63.6 Å². The highest BCUT2D eigenvalue weighted by molar-refractivity contribution is 7.98. The van der Waals surface area contributed by atoms with Gasteiger partial charge in [-0.3, -0.25) is 9.10 Å². The van der Waals surface area contributed by atoms with Gasteiger partial charge < -0.3 is 5.32 Å². The average Bonchev–Trinajstić information content (AvgIpc) is 2.67. The van der Waals surface area contributed by atoms with Crippen LogP contribution >= 0.6 is 35.0 Å². The Balaban J connectivity index is 1.73. The molecular weight excluding hydrogens is 463 g/mol. The number of nitrogens with zero attached hydrogens (tertiary/aromatic N) is 1. The first-order valence-electron chi connectivity index (χ1n) is 9.49. The molecule has 0 unspecified atom stereocenters. The Bertz CT molecular complexity index is 951. The lowest BCUT2D eigenvalue weighted by atomic mass is 10.2. The van der Waals surface area contributed by atoms with Crippen LogP contribution in [0.1, 0.15) is 24.0 Å². The molecule has 0 bridgehead atoms. The minimum absolute atomic E-state index is 0.0849. The van der Waals surface area contributed by atoms with E-state index in [1.165, 1.54) is 9.87 Å². The molecule has 9 heteroatoms. The maximum absolute atomic E-state index is 12.2. The van der Waals surface area contributed by atoms with Crippen LogP contribution in [0.5, 0.6) is 0 Å². The third kappa shape index (κ3) is 8.38. The van der Waals surface area contributed by atoms with Crippen molar-refractivity contribution in [2.24, 2.45) is 0 Å². The summed E-state index contributed by atoms with van der Waals surface area (Å²) < 4.78 is 25.8. The highest BCUT2D eigenvalue weighted by Crippen LogP contribution is 2.26. The van der Waals surface area contributed by atoms with Gasteiger partial charge >= 0.3 is 0 Å². The first-order chi connectivity index (χ1) is 14.2. The second-order valence-corrected chi connectivity index (χ2v) is 10.8. The molecule has 2 aromatic carbocycles. The molecule has 0 aliphatic heterocycles. The van der Waals surface area contributed by atoms with Gasteiger partial charge in [-0.1, -0.05) is 41.4 Å². The predicted octanol–water partition coefficient (Wildman–Crippen LogP) is 4.90. The van der Waals surface area contributed by atoms with E-state index in [1.807, 2.05) is 31.2 Å². The zero-order valence-electron chi connectivity index (χ0n) is 17.0. The number of thioether (sulfide) groups is 1. The molecule has 0 radical (unpaired) electrons. The lowest BCUT2D eigenvalue weighted by Gasteiger charge is -2.24. The van der Waals surface area contributed by atoms with Gasteiger partial charge in [-0.05, 0) is 48.7 Å². The van der Waals surface area contributed by atoms with Crippen LogP contribution in [-0.4, -0.2) is 39.4 Å². The highest BCUT2D eigenvalue weighted by atomic mass is 35.5. The quantitative estimate of drug-likeness (QED) is 0.456. The van der Waals surface area contributed by atoms with E-state index in [0.717, 1.165) is 28.3 Å². The van der Waals surface area contributed by atoms with Gasteiger partial charge in [-0.2, -0.15) is 11.8 Å². The van der Waals surface area contributed by atoms with E-state index < -0.39 is 10.0 Å². The number of rotatable bonds is 11. The summed E-state index contributed by atoms with van der Waals surface area (Å²) in [6.07, 6.45) is 1.83. The predicted molar refractivity (Wildman–Crippen MR) is 128 cm³/mol. The lowest BCUT2D eigenvalue weighted by Crippen LogP contribution is -2.33. The van der Waals surface area contributed by atoms with E-state index in [-0.39, 0.29) is 18.9 Å². The van der Waals surface area contributed by atoms with E-state index in [2.05, 4.69) is 5.32 Å². The minimum Gasteiger partial charge on any atom is -0.355 e. The zero-order chi connectivity index (χ0) is 22.1. The number of nitrogens with one attached hydrogen (secondary N) is 1. The number of hydrogen-bond donors (Lipinski definition) is 1. The number of halogens is 2. The second-order valence-electron chi connectivity index (χ2n) is 6.90. The van der Waals surface area contributed by atoms with E-state index in [9.17, 15) is 13.2 Å². The third-order valence-corrected chi connectivity index (χ3v) is 7.05. The Hall–Kier alpha value is -1.41. The van der Waals surface area contributed by atoms with Crippen LogP contribution in [0.3, 0.4) is 0 Å². The molecular formula is C21H26Cl2N2O3S2. The van der Waals surface area contributed by atoms with Crippen molar-refractivity contribution in [1.82, 2.24) is 5.32 Å². The van der Waals surface area contributed by atoms with Crippen molar-refractivity contribution in [3.8, 4) is 0 Å². The molecule has 5 nitrogen and oxygen atoms in total. The lowest BCUT2D eigenvalue weighted by molar-refractivity contribution is -0.121. The number of carbonyl (C=O) groups excluding carboxylic acids is 1. The van der Waals surface area contributed by atoms with Gasteiger partial charge in [0.15, 0.2) is 0 Å². The second kappa shape index (κ2) is 11.8. The van der Waals surface area contributed by atoms with Crippen molar-refractivity contribution >= 4 is 56.6 Å². The molecule has 164 valence electrons. The molecule has 1 N–H and O–H groups in total. The fraction of sp³-hybridized carbons (Fsp3) is 0.381. The summed E-state index contributed by atoms with van der Waals surface area (Å²) in [5, 5.41) is 4.07. The molecule has 0 heterocycles. The van der Waals surface area contributed by atoms with E-state index in [0.29, 0.717) is 23.7 Å². The van der Waals surface area contributed by atoms with Crippen LogP contribution in [0.2, 0.25) is 10.0 Å². The summed E-state index contributed by atoms with van der Waals surface area (Å²) in [6.45, 7) is 2.62. The molecule has 30 heavy (non-hydrogen) atoms. The number of hydrogen-bond acceptors (Lipinski definition) is 4. The van der Waals surface area contributed by atoms with Crippen LogP contribution in [0.4, 0.5) is 5.69 Å². The molecule has 0 aliphatic carbocycles. The molecule has 2 rings (SSSR count). The highest BCUT2D eigenvalue weighted by Gasteiger charge is 2.19. The summed E-state index contributed by atoms with van der Waals surface area (Å²) in [6, 6.07) is 12.8. The average molecular weight is 489 g/mol. The van der Waals surface area contributed by atoms with E-state index >= 15 is 0 Å². The molecule has 1 amide bonds. The fourth-order valence-corrected chi connectivity index (χ4v) is 4.95. The Kier molecular flexibility index (Phi) is 9.81. The molecule has 0 atom stereocenters. The molecule has 0 saturated heterocycles. The van der Waals surface area contributed by atoms with Gasteiger partial charge in [-0.25, -0.2) is 8.42 Å². The van der Waals surface area contributed by atoms with Gasteiger partial charge in [0.25, 0.3) is 0 Å². The van der Waals surface area contributed by atoms with Gasteiger partial charge in [-0.15, -0.1) is 0 Å². The van der Waals surface area contributed by atoms with Crippen LogP contribution in [0, 0.1) is 6.92 Å². The Morgan fingerprint density at radius 2 is 1.77 bits per heavy atom. The van der Waals surface area contributed by atoms with Crippen LogP contribution in [0.25, 0.3) is 0 Å². The van der Waals surface area contributed by atoms with Crippen LogP contribution < -0.4 is 9.62 Å². The minimum atomic E-state index is -3.48. The van der Waals surface area contributed by atoms with Crippen molar-refractivity contribution in [2.45, 2.75) is 25.5 Å². The summed E-state index contributed by atoms with van der Waals surface area (Å²) in [7, 11) is -3.48. The number of aryl methyl sites for hydroxylation is 1. The van der Waals surface area contributed by atoms with Crippen molar-refractivity contribution in [1.29, 1.82) is 0 Å². The number of amides is 1. The standard InChI is InChI=1S/C21H26Cl2N2O3S2/c1-16-5-8-19(23)14-20(16)25(30(2,27)28)12-3-4-21(26)24-11-13-29-15-17-6-9-18(22)10-7-17/h5-10,14H,3-4,11-13,15H2,1-2H3,(H,24,26). The van der Waals surface area contributed by atoms with Gasteiger partial charge in [0, 0.05) is 41.1 Å². The zero-order valence-corrected chi connectivity index (χ0v) is 20.2. The molecule has 0 fully saturated rings. The molecule has 0 aromatic heterocycles. The van der Waals surface area contributed by atoms with Gasteiger partial charge in [0.2, 0.25) is 15.9 Å². The molecule has 0 aliphatic rings. The first-order valence-corrected chi connectivity index (χ1v) is 13.3. The van der Waals surface area contributed by atoms with Crippen molar-refractivity contribution < 1.29 is 13.2 Å². The van der Waals surface area contributed by atoms with Crippen LogP contribution in [0.15, 0.2) is 42.5 Å². The molecule has 0 spiro atoms. The Labute approximate surface area is 193 Å². The Morgan fingerprint density at radius 3 is 2.43 bits per heavy atom. The largest absolute Gasteiger partial charge is 0.355 e. The molecule has 2 aromatic rings. The van der Waals surface area contributed by atoms with Gasteiger partial charge in [0.1, 0.15) is 0 Å². The number of carbonyl (C=O) groups is 1. The summed E-state index contributed by atoms with van der Waals surface area (Å²) in [5.41, 5.74) is 2.55. The molecule has 0 saturated carbocycles. The van der Waals surface area contributed by atoms with E-state index in [1.54, 1.807) is 30.0 Å². The monoisotopic (exact) mass is 488 g/mol. The fourth-order valence-electron chi connectivity index (χ4n) is 2.82. The Morgan fingerprint density at radius 1 is 1.10 bits per heavy atom. The summed E-state index contributed by atoms with van der Waals surface area (Å²) >= 11 is 13.6. The van der Waals surface area contributed by atoms with Crippen molar-refractivity contribution in [2.75, 3.05) is 29.4 Å².